The lowest BCUT2D eigenvalue weighted by Gasteiger charge is -2.15. The van der Waals surface area contributed by atoms with Crippen molar-refractivity contribution in [2.75, 3.05) is 0 Å². The molecule has 4 rings (SSSR count). The first kappa shape index (κ1) is 26.2. The maximum atomic E-state index is 11.7. The Morgan fingerprint density at radius 2 is 0.949 bits per heavy atom. The number of benzene rings is 4. The summed E-state index contributed by atoms with van der Waals surface area (Å²) < 4.78 is 17.2. The SMILES string of the molecule is O=C(O)c1ccc(Oc2ccc(Oc3ccccc3Oc3cccc(C(=O)O)c3C(=O)O)cc2)cc1C(=O)O. The summed E-state index contributed by atoms with van der Waals surface area (Å²) >= 11 is 0. The summed E-state index contributed by atoms with van der Waals surface area (Å²) in [6.45, 7) is 0. The highest BCUT2D eigenvalue weighted by Crippen LogP contribution is 2.37. The molecule has 0 unspecified atom stereocenters. The number of carboxylic acid groups (broad SMARTS) is 4. The molecule has 0 saturated heterocycles. The third kappa shape index (κ3) is 5.94. The van der Waals surface area contributed by atoms with Crippen molar-refractivity contribution in [3.63, 3.8) is 0 Å². The summed E-state index contributed by atoms with van der Waals surface area (Å²) in [6, 6.07) is 20.0. The molecule has 4 aromatic carbocycles. The Labute approximate surface area is 219 Å². The summed E-state index contributed by atoms with van der Waals surface area (Å²) in [5.41, 5.74) is -1.73. The van der Waals surface area contributed by atoms with E-state index >= 15 is 0 Å². The van der Waals surface area contributed by atoms with E-state index < -0.39 is 40.6 Å². The van der Waals surface area contributed by atoms with Crippen molar-refractivity contribution in [2.24, 2.45) is 0 Å². The van der Waals surface area contributed by atoms with E-state index in [-0.39, 0.29) is 28.6 Å². The van der Waals surface area contributed by atoms with Gasteiger partial charge in [-0.2, -0.15) is 0 Å². The van der Waals surface area contributed by atoms with E-state index in [2.05, 4.69) is 0 Å². The number of carboxylic acids is 4. The minimum absolute atomic E-state index is 0.114. The van der Waals surface area contributed by atoms with Crippen molar-refractivity contribution < 1.29 is 53.8 Å². The van der Waals surface area contributed by atoms with Crippen molar-refractivity contribution in [3.8, 4) is 34.5 Å². The topological polar surface area (TPSA) is 177 Å². The number of aromatic carboxylic acids is 4. The van der Waals surface area contributed by atoms with Crippen LogP contribution >= 0.6 is 0 Å². The molecule has 0 aliphatic heterocycles. The lowest BCUT2D eigenvalue weighted by molar-refractivity contribution is 0.0649. The Balaban J connectivity index is 1.54. The predicted molar refractivity (Wildman–Crippen MR) is 134 cm³/mol. The highest BCUT2D eigenvalue weighted by molar-refractivity contribution is 6.04. The molecule has 39 heavy (non-hydrogen) atoms. The fourth-order valence-electron chi connectivity index (χ4n) is 3.54. The summed E-state index contributed by atoms with van der Waals surface area (Å²) in [6.07, 6.45) is 0. The molecule has 11 nitrogen and oxygen atoms in total. The normalized spacial score (nSPS) is 10.4. The van der Waals surface area contributed by atoms with Crippen LogP contribution in [0, 0.1) is 0 Å². The van der Waals surface area contributed by atoms with Gasteiger partial charge in [0.05, 0.1) is 16.7 Å². The first-order chi connectivity index (χ1) is 18.6. The average molecular weight is 530 g/mol. The summed E-state index contributed by atoms with van der Waals surface area (Å²) in [5, 5.41) is 37.3. The molecule has 0 atom stereocenters. The van der Waals surface area contributed by atoms with Gasteiger partial charge in [0.15, 0.2) is 11.5 Å². The fourth-order valence-corrected chi connectivity index (χ4v) is 3.54. The highest BCUT2D eigenvalue weighted by atomic mass is 16.5. The van der Waals surface area contributed by atoms with Crippen LogP contribution in [0.3, 0.4) is 0 Å². The van der Waals surface area contributed by atoms with E-state index in [0.717, 1.165) is 18.2 Å². The van der Waals surface area contributed by atoms with Gasteiger partial charge < -0.3 is 34.6 Å². The van der Waals surface area contributed by atoms with Gasteiger partial charge in [0, 0.05) is 0 Å². The number of ether oxygens (including phenoxy) is 3. The largest absolute Gasteiger partial charge is 0.478 e. The van der Waals surface area contributed by atoms with Gasteiger partial charge in [0.25, 0.3) is 0 Å². The highest BCUT2D eigenvalue weighted by Gasteiger charge is 2.22. The molecule has 0 heterocycles. The van der Waals surface area contributed by atoms with E-state index in [1.165, 1.54) is 36.4 Å². The van der Waals surface area contributed by atoms with Gasteiger partial charge in [0.1, 0.15) is 28.6 Å². The summed E-state index contributed by atoms with van der Waals surface area (Å²) in [4.78, 5) is 45.8. The van der Waals surface area contributed by atoms with Crippen LogP contribution in [0.4, 0.5) is 0 Å². The molecule has 196 valence electrons. The second kappa shape index (κ2) is 11.0. The molecule has 4 aromatic rings. The molecule has 0 saturated carbocycles. The number of hydrogen-bond acceptors (Lipinski definition) is 7. The van der Waals surface area contributed by atoms with Crippen LogP contribution in [0.5, 0.6) is 34.5 Å². The molecule has 0 aromatic heterocycles. The van der Waals surface area contributed by atoms with Crippen LogP contribution in [0.2, 0.25) is 0 Å². The van der Waals surface area contributed by atoms with Crippen molar-refractivity contribution in [3.05, 3.63) is 107 Å². The fraction of sp³-hybridized carbons (Fsp3) is 0. The van der Waals surface area contributed by atoms with Crippen LogP contribution in [-0.2, 0) is 0 Å². The molecular weight excluding hydrogens is 512 g/mol. The average Bonchev–Trinajstić information content (AvgIpc) is 2.90. The van der Waals surface area contributed by atoms with Crippen LogP contribution in [0.1, 0.15) is 41.4 Å². The van der Waals surface area contributed by atoms with Crippen LogP contribution in [-0.4, -0.2) is 44.3 Å². The van der Waals surface area contributed by atoms with E-state index in [4.69, 9.17) is 19.3 Å². The van der Waals surface area contributed by atoms with Gasteiger partial charge in [-0.05, 0) is 66.7 Å². The molecule has 0 amide bonds. The molecular formula is C28H18O11. The van der Waals surface area contributed by atoms with Gasteiger partial charge in [-0.1, -0.05) is 18.2 Å². The van der Waals surface area contributed by atoms with Gasteiger partial charge >= 0.3 is 23.9 Å². The van der Waals surface area contributed by atoms with Gasteiger partial charge in [-0.15, -0.1) is 0 Å². The summed E-state index contributed by atoms with van der Waals surface area (Å²) in [7, 11) is 0. The Morgan fingerprint density at radius 3 is 1.51 bits per heavy atom. The maximum Gasteiger partial charge on any atom is 0.340 e. The van der Waals surface area contributed by atoms with Crippen molar-refractivity contribution in [1.29, 1.82) is 0 Å². The minimum Gasteiger partial charge on any atom is -0.478 e. The van der Waals surface area contributed by atoms with Crippen molar-refractivity contribution >= 4 is 23.9 Å². The third-order valence-electron chi connectivity index (χ3n) is 5.28. The minimum atomic E-state index is -1.47. The Kier molecular flexibility index (Phi) is 7.43. The standard InChI is InChI=1S/C28H18O11/c29-25(30)18-13-12-17(14-20(18)27(33)34)37-15-8-10-16(11-9-15)38-21-5-1-2-6-22(21)39-23-7-3-4-19(26(31)32)24(23)28(35)36/h1-14H,(H,29,30)(H,31,32)(H,33,34)(H,35,36). The monoisotopic (exact) mass is 530 g/mol. The Bertz CT molecular complexity index is 1590. The molecule has 11 heteroatoms. The number of hydrogen-bond donors (Lipinski definition) is 4. The molecule has 0 spiro atoms. The molecule has 0 radical (unpaired) electrons. The van der Waals surface area contributed by atoms with Gasteiger partial charge in [-0.25, -0.2) is 19.2 Å². The van der Waals surface area contributed by atoms with Crippen LogP contribution < -0.4 is 14.2 Å². The Morgan fingerprint density at radius 1 is 0.436 bits per heavy atom. The molecule has 0 fully saturated rings. The van der Waals surface area contributed by atoms with Gasteiger partial charge in [-0.3, -0.25) is 0 Å². The lowest BCUT2D eigenvalue weighted by atomic mass is 10.1. The van der Waals surface area contributed by atoms with Crippen molar-refractivity contribution in [1.82, 2.24) is 0 Å². The molecule has 0 bridgehead atoms. The van der Waals surface area contributed by atoms with E-state index in [1.54, 1.807) is 30.3 Å². The van der Waals surface area contributed by atoms with Crippen LogP contribution in [0.25, 0.3) is 0 Å². The third-order valence-corrected chi connectivity index (χ3v) is 5.28. The smallest absolute Gasteiger partial charge is 0.340 e. The number of rotatable bonds is 10. The molecule has 0 aliphatic carbocycles. The second-order valence-electron chi connectivity index (χ2n) is 7.83. The first-order valence-electron chi connectivity index (χ1n) is 11.1. The van der Waals surface area contributed by atoms with E-state index in [0.29, 0.717) is 11.5 Å². The Hall–Kier alpha value is -5.84. The van der Waals surface area contributed by atoms with E-state index in [9.17, 15) is 34.5 Å². The predicted octanol–water partition coefficient (Wildman–Crippen LogP) is 5.86. The summed E-state index contributed by atoms with van der Waals surface area (Å²) in [5.74, 6) is -4.76. The van der Waals surface area contributed by atoms with Crippen LogP contribution in [0.15, 0.2) is 84.9 Å². The van der Waals surface area contributed by atoms with Crippen molar-refractivity contribution in [2.45, 2.75) is 0 Å². The second-order valence-corrected chi connectivity index (χ2v) is 7.83. The zero-order valence-corrected chi connectivity index (χ0v) is 19.7. The molecule has 4 N–H and O–H groups in total. The first-order valence-corrected chi connectivity index (χ1v) is 11.1. The molecule has 0 aliphatic rings. The van der Waals surface area contributed by atoms with Gasteiger partial charge in [0.2, 0.25) is 0 Å². The maximum absolute atomic E-state index is 11.7. The quantitative estimate of drug-likeness (QED) is 0.193. The number of para-hydroxylation sites is 2. The number of carbonyl (C=O) groups is 4. The zero-order valence-electron chi connectivity index (χ0n) is 19.7. The zero-order chi connectivity index (χ0) is 28.1. The van der Waals surface area contributed by atoms with E-state index in [1.807, 2.05) is 0 Å². The lowest BCUT2D eigenvalue weighted by Crippen LogP contribution is -2.09.